The molecular weight excluding hydrogens is 361 g/mol. The molecule has 1 unspecified atom stereocenters. The summed E-state index contributed by atoms with van der Waals surface area (Å²) in [6.07, 6.45) is 1.09. The minimum absolute atomic E-state index is 0.0282. The van der Waals surface area contributed by atoms with Crippen LogP contribution in [0.1, 0.15) is 23.7 Å². The first-order chi connectivity index (χ1) is 8.61. The van der Waals surface area contributed by atoms with Crippen molar-refractivity contribution in [3.05, 3.63) is 27.3 Å². The van der Waals surface area contributed by atoms with Crippen LogP contribution in [0.5, 0.6) is 5.75 Å². The number of hydrogen-bond acceptors (Lipinski definition) is 3. The lowest BCUT2D eigenvalue weighted by Gasteiger charge is -2.32. The van der Waals surface area contributed by atoms with Crippen LogP contribution in [0.25, 0.3) is 0 Å². The highest BCUT2D eigenvalue weighted by molar-refractivity contribution is 14.1. The van der Waals surface area contributed by atoms with Gasteiger partial charge in [0.15, 0.2) is 0 Å². The van der Waals surface area contributed by atoms with Gasteiger partial charge in [0.2, 0.25) is 0 Å². The summed E-state index contributed by atoms with van der Waals surface area (Å²) < 4.78 is 0.768. The van der Waals surface area contributed by atoms with Crippen molar-refractivity contribution in [2.45, 2.75) is 18.6 Å². The SMILES string of the molecule is CCC1CN(C(=O)c2ccc(I)c(O)c2)CCS1. The number of phenolic OH excluding ortho intramolecular Hbond substituents is 1. The molecule has 1 aromatic rings. The summed E-state index contributed by atoms with van der Waals surface area (Å²) in [5, 5.41) is 10.2. The van der Waals surface area contributed by atoms with Crippen molar-refractivity contribution in [1.82, 2.24) is 4.90 Å². The van der Waals surface area contributed by atoms with E-state index in [9.17, 15) is 9.90 Å². The van der Waals surface area contributed by atoms with Crippen molar-refractivity contribution in [3.8, 4) is 5.75 Å². The second kappa shape index (κ2) is 6.14. The Morgan fingerprint density at radius 3 is 3.06 bits per heavy atom. The molecule has 98 valence electrons. The van der Waals surface area contributed by atoms with Gasteiger partial charge in [-0.3, -0.25) is 4.79 Å². The van der Waals surface area contributed by atoms with Crippen LogP contribution in [0.2, 0.25) is 0 Å². The Morgan fingerprint density at radius 1 is 1.61 bits per heavy atom. The van der Waals surface area contributed by atoms with Gasteiger partial charge in [-0.05, 0) is 47.2 Å². The first kappa shape index (κ1) is 14.0. The fourth-order valence-corrected chi connectivity index (χ4v) is 3.49. The van der Waals surface area contributed by atoms with Crippen LogP contribution in [0, 0.1) is 3.57 Å². The lowest BCUT2D eigenvalue weighted by molar-refractivity contribution is 0.0760. The van der Waals surface area contributed by atoms with Crippen LogP contribution >= 0.6 is 34.4 Å². The van der Waals surface area contributed by atoms with E-state index < -0.39 is 0 Å². The van der Waals surface area contributed by atoms with E-state index in [2.05, 4.69) is 6.92 Å². The molecule has 0 radical (unpaired) electrons. The van der Waals surface area contributed by atoms with Gasteiger partial charge >= 0.3 is 0 Å². The molecule has 2 rings (SSSR count). The Kier molecular flexibility index (Phi) is 4.77. The summed E-state index contributed by atoms with van der Waals surface area (Å²) >= 11 is 3.99. The Hall–Kier alpha value is -0.430. The van der Waals surface area contributed by atoms with Crippen LogP contribution in [0.4, 0.5) is 0 Å². The summed E-state index contributed by atoms with van der Waals surface area (Å²) in [5.41, 5.74) is 0.578. The summed E-state index contributed by atoms with van der Waals surface area (Å²) in [4.78, 5) is 14.2. The van der Waals surface area contributed by atoms with Gasteiger partial charge in [0.1, 0.15) is 5.75 Å². The molecule has 0 bridgehead atoms. The van der Waals surface area contributed by atoms with E-state index in [-0.39, 0.29) is 11.7 Å². The minimum Gasteiger partial charge on any atom is -0.507 e. The van der Waals surface area contributed by atoms with Gasteiger partial charge in [0.25, 0.3) is 5.91 Å². The van der Waals surface area contributed by atoms with Crippen LogP contribution in [-0.4, -0.2) is 40.0 Å². The van der Waals surface area contributed by atoms with E-state index in [1.165, 1.54) is 0 Å². The highest BCUT2D eigenvalue weighted by Gasteiger charge is 2.24. The third-order valence-corrected chi connectivity index (χ3v) is 5.36. The lowest BCUT2D eigenvalue weighted by Crippen LogP contribution is -2.41. The van der Waals surface area contributed by atoms with Crippen molar-refractivity contribution < 1.29 is 9.90 Å². The molecule has 1 heterocycles. The zero-order valence-electron chi connectivity index (χ0n) is 10.2. The number of halogens is 1. The first-order valence-corrected chi connectivity index (χ1v) is 8.14. The standard InChI is InChI=1S/C13H16INO2S/c1-2-10-8-15(5-6-18-10)13(17)9-3-4-11(14)12(16)7-9/h3-4,7,10,16H,2,5-6,8H2,1H3. The van der Waals surface area contributed by atoms with Crippen molar-refractivity contribution in [3.63, 3.8) is 0 Å². The molecule has 3 nitrogen and oxygen atoms in total. The molecule has 18 heavy (non-hydrogen) atoms. The molecule has 1 aliphatic heterocycles. The van der Waals surface area contributed by atoms with E-state index in [1.54, 1.807) is 18.2 Å². The number of carbonyl (C=O) groups is 1. The van der Waals surface area contributed by atoms with E-state index in [0.717, 1.165) is 28.8 Å². The van der Waals surface area contributed by atoms with Gasteiger partial charge in [0, 0.05) is 29.7 Å². The maximum absolute atomic E-state index is 12.3. The Balaban J connectivity index is 2.12. The lowest BCUT2D eigenvalue weighted by atomic mass is 10.1. The average molecular weight is 377 g/mol. The molecule has 0 spiro atoms. The topological polar surface area (TPSA) is 40.5 Å². The maximum Gasteiger partial charge on any atom is 0.254 e. The van der Waals surface area contributed by atoms with Crippen LogP contribution in [0.3, 0.4) is 0 Å². The quantitative estimate of drug-likeness (QED) is 0.806. The number of rotatable bonds is 2. The maximum atomic E-state index is 12.3. The number of aromatic hydroxyl groups is 1. The summed E-state index contributed by atoms with van der Waals surface area (Å²) in [5.74, 6) is 1.21. The molecule has 1 N–H and O–H groups in total. The molecule has 1 saturated heterocycles. The largest absolute Gasteiger partial charge is 0.507 e. The fraction of sp³-hybridized carbons (Fsp3) is 0.462. The molecule has 0 aliphatic carbocycles. The molecule has 1 aromatic carbocycles. The van der Waals surface area contributed by atoms with Crippen molar-refractivity contribution in [2.75, 3.05) is 18.8 Å². The normalized spacial score (nSPS) is 19.9. The van der Waals surface area contributed by atoms with Crippen LogP contribution in [-0.2, 0) is 0 Å². The van der Waals surface area contributed by atoms with Gasteiger partial charge in [-0.25, -0.2) is 0 Å². The van der Waals surface area contributed by atoms with E-state index in [0.29, 0.717) is 10.8 Å². The summed E-state index contributed by atoms with van der Waals surface area (Å²) in [7, 11) is 0. The Labute approximate surface area is 125 Å². The van der Waals surface area contributed by atoms with E-state index in [4.69, 9.17) is 0 Å². The van der Waals surface area contributed by atoms with Gasteiger partial charge in [0.05, 0.1) is 3.57 Å². The van der Waals surface area contributed by atoms with Crippen molar-refractivity contribution in [2.24, 2.45) is 0 Å². The zero-order valence-corrected chi connectivity index (χ0v) is 13.2. The predicted molar refractivity (Wildman–Crippen MR) is 83.3 cm³/mol. The monoisotopic (exact) mass is 377 g/mol. The van der Waals surface area contributed by atoms with Crippen molar-refractivity contribution in [1.29, 1.82) is 0 Å². The molecule has 1 fully saturated rings. The second-order valence-electron chi connectivity index (χ2n) is 4.32. The smallest absolute Gasteiger partial charge is 0.254 e. The Bertz CT molecular complexity index is 453. The average Bonchev–Trinajstić information content (AvgIpc) is 2.41. The first-order valence-electron chi connectivity index (χ1n) is 6.01. The molecule has 1 amide bonds. The number of amides is 1. The number of hydrogen-bond donors (Lipinski definition) is 1. The molecular formula is C13H16INO2S. The van der Waals surface area contributed by atoms with Crippen LogP contribution < -0.4 is 0 Å². The molecule has 0 saturated carbocycles. The summed E-state index contributed by atoms with van der Waals surface area (Å²) in [6.45, 7) is 3.77. The molecule has 5 heteroatoms. The fourth-order valence-electron chi connectivity index (χ4n) is 1.98. The Morgan fingerprint density at radius 2 is 2.39 bits per heavy atom. The minimum atomic E-state index is 0.0282. The third-order valence-electron chi connectivity index (χ3n) is 3.07. The number of carbonyl (C=O) groups excluding carboxylic acids is 1. The molecule has 1 atom stereocenters. The highest BCUT2D eigenvalue weighted by Crippen LogP contribution is 2.25. The predicted octanol–water partition coefficient (Wildman–Crippen LogP) is 2.96. The molecule has 0 aromatic heterocycles. The van der Waals surface area contributed by atoms with Crippen molar-refractivity contribution >= 4 is 40.3 Å². The molecule has 1 aliphatic rings. The highest BCUT2D eigenvalue weighted by atomic mass is 127. The second-order valence-corrected chi connectivity index (χ2v) is 6.89. The zero-order chi connectivity index (χ0) is 13.1. The van der Waals surface area contributed by atoms with Gasteiger partial charge in [-0.1, -0.05) is 6.92 Å². The number of nitrogens with zero attached hydrogens (tertiary/aromatic N) is 1. The number of thioether (sulfide) groups is 1. The number of phenols is 1. The summed E-state index contributed by atoms with van der Waals surface area (Å²) in [6, 6.07) is 5.12. The van der Waals surface area contributed by atoms with E-state index >= 15 is 0 Å². The van der Waals surface area contributed by atoms with E-state index in [1.807, 2.05) is 39.3 Å². The van der Waals surface area contributed by atoms with Gasteiger partial charge in [-0.15, -0.1) is 0 Å². The van der Waals surface area contributed by atoms with Gasteiger partial charge in [-0.2, -0.15) is 11.8 Å². The third kappa shape index (κ3) is 3.12. The number of benzene rings is 1. The van der Waals surface area contributed by atoms with Gasteiger partial charge < -0.3 is 10.0 Å². The van der Waals surface area contributed by atoms with Crippen LogP contribution in [0.15, 0.2) is 18.2 Å².